The molecular formula is C11H11N3O2. The van der Waals surface area contributed by atoms with Gasteiger partial charge < -0.3 is 5.11 Å². The summed E-state index contributed by atoms with van der Waals surface area (Å²) in [6, 6.07) is 0. The van der Waals surface area contributed by atoms with Crippen molar-refractivity contribution in [2.24, 2.45) is 0 Å². The standard InChI is InChI=1S/C11H11N3O2/c15-10(16)8-4-12-11-13-5-9(14(11)6-8)7-2-1-3-7/h4-7H,1-3H2,(H,15,16). The van der Waals surface area contributed by atoms with Crippen LogP contribution in [0.3, 0.4) is 0 Å². The van der Waals surface area contributed by atoms with Crippen LogP contribution in [0.1, 0.15) is 41.2 Å². The highest BCUT2D eigenvalue weighted by Crippen LogP contribution is 2.36. The van der Waals surface area contributed by atoms with Crippen LogP contribution in [0.4, 0.5) is 0 Å². The fraction of sp³-hybridized carbons (Fsp3) is 0.364. The predicted octanol–water partition coefficient (Wildman–Crippen LogP) is 1.69. The number of hydrogen-bond acceptors (Lipinski definition) is 3. The number of rotatable bonds is 2. The Hall–Kier alpha value is -1.91. The van der Waals surface area contributed by atoms with Crippen LogP contribution < -0.4 is 0 Å². The van der Waals surface area contributed by atoms with Crippen LogP contribution in [0.2, 0.25) is 0 Å². The van der Waals surface area contributed by atoms with Gasteiger partial charge in [0.2, 0.25) is 5.78 Å². The molecule has 0 spiro atoms. The largest absolute Gasteiger partial charge is 0.478 e. The van der Waals surface area contributed by atoms with E-state index in [-0.39, 0.29) is 5.56 Å². The zero-order valence-electron chi connectivity index (χ0n) is 8.63. The molecule has 0 saturated heterocycles. The minimum atomic E-state index is -0.956. The average Bonchev–Trinajstić information content (AvgIpc) is 2.59. The molecule has 5 nitrogen and oxygen atoms in total. The highest BCUT2D eigenvalue weighted by atomic mass is 16.4. The van der Waals surface area contributed by atoms with Gasteiger partial charge >= 0.3 is 5.97 Å². The van der Waals surface area contributed by atoms with Crippen molar-refractivity contribution in [3.63, 3.8) is 0 Å². The molecule has 1 saturated carbocycles. The van der Waals surface area contributed by atoms with Crippen LogP contribution >= 0.6 is 0 Å². The zero-order valence-corrected chi connectivity index (χ0v) is 8.63. The third-order valence-electron chi connectivity index (χ3n) is 3.16. The van der Waals surface area contributed by atoms with Gasteiger partial charge in [0.15, 0.2) is 0 Å². The van der Waals surface area contributed by atoms with E-state index in [1.165, 1.54) is 12.6 Å². The lowest BCUT2D eigenvalue weighted by molar-refractivity contribution is 0.0696. The molecule has 0 radical (unpaired) electrons. The predicted molar refractivity (Wildman–Crippen MR) is 56.5 cm³/mol. The van der Waals surface area contributed by atoms with Gasteiger partial charge in [-0.05, 0) is 12.8 Å². The SMILES string of the molecule is O=C(O)c1cnc2ncc(C3CCC3)n2c1. The first-order valence-corrected chi connectivity index (χ1v) is 5.32. The van der Waals surface area contributed by atoms with Gasteiger partial charge in [-0.3, -0.25) is 4.40 Å². The topological polar surface area (TPSA) is 67.5 Å². The summed E-state index contributed by atoms with van der Waals surface area (Å²) in [7, 11) is 0. The molecule has 2 heterocycles. The van der Waals surface area contributed by atoms with E-state index >= 15 is 0 Å². The smallest absolute Gasteiger partial charge is 0.338 e. The van der Waals surface area contributed by atoms with Gasteiger partial charge in [0, 0.05) is 24.0 Å². The Kier molecular flexibility index (Phi) is 1.92. The molecule has 1 fully saturated rings. The second-order valence-electron chi connectivity index (χ2n) is 4.13. The molecule has 0 unspecified atom stereocenters. The number of nitrogens with zero attached hydrogens (tertiary/aromatic N) is 3. The first-order chi connectivity index (χ1) is 7.75. The first kappa shape index (κ1) is 9.33. The number of aromatic nitrogens is 3. The van der Waals surface area contributed by atoms with Crippen molar-refractivity contribution < 1.29 is 9.90 Å². The van der Waals surface area contributed by atoms with Crippen LogP contribution in [-0.2, 0) is 0 Å². The van der Waals surface area contributed by atoms with E-state index in [1.54, 1.807) is 16.8 Å². The van der Waals surface area contributed by atoms with Crippen LogP contribution in [0.25, 0.3) is 5.78 Å². The maximum Gasteiger partial charge on any atom is 0.338 e. The summed E-state index contributed by atoms with van der Waals surface area (Å²) in [4.78, 5) is 19.1. The Bertz CT molecular complexity index is 557. The van der Waals surface area contributed by atoms with Crippen LogP contribution in [0.5, 0.6) is 0 Å². The van der Waals surface area contributed by atoms with E-state index in [0.29, 0.717) is 11.7 Å². The molecule has 2 aromatic heterocycles. The van der Waals surface area contributed by atoms with Crippen LogP contribution in [0.15, 0.2) is 18.6 Å². The lowest BCUT2D eigenvalue weighted by Gasteiger charge is -2.24. The Morgan fingerprint density at radius 1 is 1.38 bits per heavy atom. The van der Waals surface area contributed by atoms with E-state index in [2.05, 4.69) is 9.97 Å². The number of carboxylic acid groups (broad SMARTS) is 1. The lowest BCUT2D eigenvalue weighted by atomic mass is 9.83. The van der Waals surface area contributed by atoms with E-state index in [4.69, 9.17) is 5.11 Å². The summed E-state index contributed by atoms with van der Waals surface area (Å²) >= 11 is 0. The van der Waals surface area contributed by atoms with E-state index < -0.39 is 5.97 Å². The molecule has 0 atom stereocenters. The molecule has 3 rings (SSSR count). The summed E-state index contributed by atoms with van der Waals surface area (Å²) in [5.41, 5.74) is 1.28. The number of carboxylic acids is 1. The molecule has 1 aliphatic rings. The molecular weight excluding hydrogens is 206 g/mol. The summed E-state index contributed by atoms with van der Waals surface area (Å²) in [5, 5.41) is 8.91. The van der Waals surface area contributed by atoms with Crippen LogP contribution in [0, 0.1) is 0 Å². The second kappa shape index (κ2) is 3.30. The minimum Gasteiger partial charge on any atom is -0.478 e. The fourth-order valence-corrected chi connectivity index (χ4v) is 2.01. The third-order valence-corrected chi connectivity index (χ3v) is 3.16. The molecule has 16 heavy (non-hydrogen) atoms. The third kappa shape index (κ3) is 1.28. The van der Waals surface area contributed by atoms with E-state index in [0.717, 1.165) is 18.5 Å². The highest BCUT2D eigenvalue weighted by molar-refractivity contribution is 5.87. The van der Waals surface area contributed by atoms with E-state index in [1.807, 2.05) is 0 Å². The number of aromatic carboxylic acids is 1. The molecule has 0 amide bonds. The normalized spacial score (nSPS) is 16.2. The lowest BCUT2D eigenvalue weighted by Crippen LogP contribution is -2.12. The Morgan fingerprint density at radius 2 is 2.12 bits per heavy atom. The maximum absolute atomic E-state index is 10.9. The fourth-order valence-electron chi connectivity index (χ4n) is 2.01. The van der Waals surface area contributed by atoms with Crippen molar-refractivity contribution in [3.05, 3.63) is 29.8 Å². The molecule has 5 heteroatoms. The number of imidazole rings is 1. The van der Waals surface area contributed by atoms with Crippen molar-refractivity contribution in [1.82, 2.24) is 14.4 Å². The Labute approximate surface area is 91.8 Å². The van der Waals surface area contributed by atoms with E-state index in [9.17, 15) is 4.79 Å². The number of hydrogen-bond donors (Lipinski definition) is 1. The Balaban J connectivity index is 2.15. The summed E-state index contributed by atoms with van der Waals surface area (Å²) in [5.74, 6) is 0.135. The first-order valence-electron chi connectivity index (χ1n) is 5.32. The second-order valence-corrected chi connectivity index (χ2v) is 4.13. The highest BCUT2D eigenvalue weighted by Gasteiger charge is 2.23. The average molecular weight is 217 g/mol. The summed E-state index contributed by atoms with van der Waals surface area (Å²) in [6.07, 6.45) is 8.30. The minimum absolute atomic E-state index is 0.200. The van der Waals surface area contributed by atoms with Crippen molar-refractivity contribution in [2.75, 3.05) is 0 Å². The van der Waals surface area contributed by atoms with Gasteiger partial charge in [-0.25, -0.2) is 14.8 Å². The van der Waals surface area contributed by atoms with Gasteiger partial charge in [-0.15, -0.1) is 0 Å². The molecule has 0 aliphatic heterocycles. The monoisotopic (exact) mass is 217 g/mol. The van der Waals surface area contributed by atoms with Gasteiger partial charge in [0.25, 0.3) is 0 Å². The van der Waals surface area contributed by atoms with Crippen molar-refractivity contribution in [1.29, 1.82) is 0 Å². The van der Waals surface area contributed by atoms with Crippen molar-refractivity contribution in [2.45, 2.75) is 25.2 Å². The molecule has 1 N–H and O–H groups in total. The van der Waals surface area contributed by atoms with Gasteiger partial charge in [-0.1, -0.05) is 6.42 Å². The quantitative estimate of drug-likeness (QED) is 0.831. The van der Waals surface area contributed by atoms with Gasteiger partial charge in [-0.2, -0.15) is 0 Å². The summed E-state index contributed by atoms with van der Waals surface area (Å²) in [6.45, 7) is 0. The molecule has 1 aliphatic carbocycles. The van der Waals surface area contributed by atoms with Crippen molar-refractivity contribution >= 4 is 11.7 Å². The number of fused-ring (bicyclic) bond motifs is 1. The van der Waals surface area contributed by atoms with Crippen LogP contribution in [-0.4, -0.2) is 25.4 Å². The molecule has 0 aromatic carbocycles. The van der Waals surface area contributed by atoms with Crippen molar-refractivity contribution in [3.8, 4) is 0 Å². The number of carbonyl (C=O) groups is 1. The molecule has 2 aromatic rings. The van der Waals surface area contributed by atoms with Gasteiger partial charge in [0.05, 0.1) is 11.8 Å². The maximum atomic E-state index is 10.9. The summed E-state index contributed by atoms with van der Waals surface area (Å²) < 4.78 is 1.80. The Morgan fingerprint density at radius 3 is 2.75 bits per heavy atom. The molecule has 0 bridgehead atoms. The van der Waals surface area contributed by atoms with Gasteiger partial charge in [0.1, 0.15) is 0 Å². The molecule has 82 valence electrons. The zero-order chi connectivity index (χ0) is 11.1.